The summed E-state index contributed by atoms with van der Waals surface area (Å²) in [5.41, 5.74) is 3.00. The molecule has 0 atom stereocenters. The number of benzene rings is 1. The molecule has 1 fully saturated rings. The Kier molecular flexibility index (Phi) is 3.70. The Bertz CT molecular complexity index is 950. The van der Waals surface area contributed by atoms with Gasteiger partial charge >= 0.3 is 5.97 Å². The Labute approximate surface area is 156 Å². The lowest BCUT2D eigenvalue weighted by molar-refractivity contribution is 0.0727. The first-order chi connectivity index (χ1) is 13.2. The van der Waals surface area contributed by atoms with Gasteiger partial charge in [-0.15, -0.1) is 0 Å². The summed E-state index contributed by atoms with van der Waals surface area (Å²) in [6, 6.07) is 12.7. The van der Waals surface area contributed by atoms with Gasteiger partial charge in [-0.2, -0.15) is 5.10 Å². The van der Waals surface area contributed by atoms with Crippen molar-refractivity contribution in [1.29, 1.82) is 0 Å². The molecule has 0 radical (unpaired) electrons. The first kappa shape index (κ1) is 16.1. The average molecular weight is 361 g/mol. The van der Waals surface area contributed by atoms with Gasteiger partial charge in [0.15, 0.2) is 5.69 Å². The normalized spacial score (nSPS) is 16.1. The quantitative estimate of drug-likeness (QED) is 0.515. The summed E-state index contributed by atoms with van der Waals surface area (Å²) in [6.07, 6.45) is 7.03. The van der Waals surface area contributed by atoms with Gasteiger partial charge in [0, 0.05) is 24.6 Å². The third-order valence-electron chi connectivity index (χ3n) is 5.26. The molecule has 1 aromatic carbocycles. The number of esters is 1. The molecule has 2 aromatic heterocycles. The number of aromatic nitrogens is 3. The van der Waals surface area contributed by atoms with E-state index in [-0.39, 0.29) is 0 Å². The minimum absolute atomic E-state index is 0.374. The van der Waals surface area contributed by atoms with Crippen molar-refractivity contribution >= 4 is 5.97 Å². The van der Waals surface area contributed by atoms with Crippen LogP contribution < -0.4 is 9.47 Å². The van der Waals surface area contributed by atoms with E-state index in [4.69, 9.17) is 9.47 Å². The van der Waals surface area contributed by atoms with Gasteiger partial charge in [0.1, 0.15) is 18.1 Å². The van der Waals surface area contributed by atoms with E-state index in [1.54, 1.807) is 36.7 Å². The Morgan fingerprint density at radius 1 is 1.07 bits per heavy atom. The van der Waals surface area contributed by atoms with Crippen LogP contribution in [0.4, 0.5) is 0 Å². The molecule has 136 valence electrons. The Balaban J connectivity index is 1.19. The molecule has 3 heterocycles. The largest absolute Gasteiger partial charge is 0.489 e. The molecular formula is C21H19N3O3. The van der Waals surface area contributed by atoms with Crippen LogP contribution in [0, 0.1) is 5.41 Å². The molecule has 0 bridgehead atoms. The van der Waals surface area contributed by atoms with Crippen molar-refractivity contribution in [2.75, 3.05) is 0 Å². The lowest BCUT2D eigenvalue weighted by atomic mass is 10.0. The third kappa shape index (κ3) is 3.30. The van der Waals surface area contributed by atoms with Gasteiger partial charge in [0.2, 0.25) is 0 Å². The molecule has 0 saturated heterocycles. The van der Waals surface area contributed by atoms with Gasteiger partial charge in [0.25, 0.3) is 0 Å². The molecule has 1 spiro atoms. The van der Waals surface area contributed by atoms with Gasteiger partial charge in [-0.25, -0.2) is 4.79 Å². The Hall–Kier alpha value is -3.15. The van der Waals surface area contributed by atoms with Crippen LogP contribution in [0.25, 0.3) is 0 Å². The zero-order chi connectivity index (χ0) is 18.3. The summed E-state index contributed by atoms with van der Waals surface area (Å²) in [7, 11) is 0. The maximum atomic E-state index is 12.4. The van der Waals surface area contributed by atoms with Gasteiger partial charge in [-0.3, -0.25) is 9.67 Å². The van der Waals surface area contributed by atoms with Crippen LogP contribution >= 0.6 is 0 Å². The molecule has 0 amide bonds. The van der Waals surface area contributed by atoms with Crippen LogP contribution in [-0.4, -0.2) is 20.7 Å². The zero-order valence-corrected chi connectivity index (χ0v) is 14.8. The van der Waals surface area contributed by atoms with E-state index in [0.29, 0.717) is 29.2 Å². The summed E-state index contributed by atoms with van der Waals surface area (Å²) in [6.45, 7) is 1.39. The monoisotopic (exact) mass is 361 g/mol. The molecule has 1 aliphatic heterocycles. The van der Waals surface area contributed by atoms with Crippen LogP contribution in [0.15, 0.2) is 54.9 Å². The second-order valence-corrected chi connectivity index (χ2v) is 7.36. The molecule has 6 heteroatoms. The first-order valence-corrected chi connectivity index (χ1v) is 9.10. The predicted molar refractivity (Wildman–Crippen MR) is 97.6 cm³/mol. The fourth-order valence-corrected chi connectivity index (χ4v) is 3.51. The number of ether oxygens (including phenoxy) is 2. The smallest absolute Gasteiger partial charge is 0.364 e. The van der Waals surface area contributed by atoms with E-state index in [0.717, 1.165) is 24.2 Å². The van der Waals surface area contributed by atoms with Crippen molar-refractivity contribution in [3.63, 3.8) is 0 Å². The van der Waals surface area contributed by atoms with Crippen LogP contribution in [0.2, 0.25) is 0 Å². The minimum Gasteiger partial charge on any atom is -0.489 e. The summed E-state index contributed by atoms with van der Waals surface area (Å²) in [5, 5.41) is 4.42. The number of rotatable bonds is 5. The lowest BCUT2D eigenvalue weighted by Gasteiger charge is -2.07. The molecule has 2 aliphatic rings. The molecule has 6 nitrogen and oxygen atoms in total. The van der Waals surface area contributed by atoms with Crippen molar-refractivity contribution < 1.29 is 14.3 Å². The highest BCUT2D eigenvalue weighted by molar-refractivity contribution is 5.89. The zero-order valence-electron chi connectivity index (χ0n) is 14.8. The van der Waals surface area contributed by atoms with E-state index in [1.807, 2.05) is 22.9 Å². The number of hydrogen-bond acceptors (Lipinski definition) is 5. The highest BCUT2D eigenvalue weighted by atomic mass is 16.5. The van der Waals surface area contributed by atoms with E-state index in [9.17, 15) is 4.79 Å². The SMILES string of the molecule is O=C(Oc1ccc(OCc2ccncc2)cc1)c1cc2n(n1)CC1(CC1)C2. The van der Waals surface area contributed by atoms with E-state index in [2.05, 4.69) is 10.1 Å². The number of nitrogens with zero attached hydrogens (tertiary/aromatic N) is 3. The van der Waals surface area contributed by atoms with Crippen LogP contribution in [0.3, 0.4) is 0 Å². The van der Waals surface area contributed by atoms with Crippen molar-refractivity contribution in [3.05, 3.63) is 71.8 Å². The molecule has 1 aliphatic carbocycles. The molecular weight excluding hydrogens is 342 g/mol. The summed E-state index contributed by atoms with van der Waals surface area (Å²) >= 11 is 0. The number of carbonyl (C=O) groups excluding carboxylic acids is 1. The van der Waals surface area contributed by atoms with Gasteiger partial charge in [-0.05, 0) is 72.7 Å². The Morgan fingerprint density at radius 2 is 1.81 bits per heavy atom. The number of fused-ring (bicyclic) bond motifs is 1. The number of pyridine rings is 1. The fraction of sp³-hybridized carbons (Fsp3) is 0.286. The molecule has 1 saturated carbocycles. The molecule has 27 heavy (non-hydrogen) atoms. The van der Waals surface area contributed by atoms with Crippen LogP contribution in [-0.2, 0) is 19.6 Å². The minimum atomic E-state index is -0.424. The number of carbonyl (C=O) groups is 1. The Morgan fingerprint density at radius 3 is 2.52 bits per heavy atom. The van der Waals surface area contributed by atoms with E-state index in [1.165, 1.54) is 12.8 Å². The summed E-state index contributed by atoms with van der Waals surface area (Å²) < 4.78 is 13.1. The van der Waals surface area contributed by atoms with Crippen LogP contribution in [0.1, 0.15) is 34.6 Å². The van der Waals surface area contributed by atoms with Crippen molar-refractivity contribution in [2.24, 2.45) is 5.41 Å². The maximum Gasteiger partial charge on any atom is 0.364 e. The average Bonchev–Trinajstić information content (AvgIpc) is 3.19. The molecule has 5 rings (SSSR count). The van der Waals surface area contributed by atoms with Gasteiger partial charge in [0.05, 0.1) is 0 Å². The lowest BCUT2D eigenvalue weighted by Crippen LogP contribution is -2.12. The number of hydrogen-bond donors (Lipinski definition) is 0. The van der Waals surface area contributed by atoms with E-state index < -0.39 is 5.97 Å². The third-order valence-corrected chi connectivity index (χ3v) is 5.26. The standard InChI is InChI=1S/C21H19N3O3/c25-20(19-11-16-12-21(7-8-21)14-24(16)23-19)27-18-3-1-17(2-4-18)26-13-15-5-9-22-10-6-15/h1-6,9-11H,7-8,12-14H2. The van der Waals surface area contributed by atoms with Crippen molar-refractivity contribution in [2.45, 2.75) is 32.4 Å². The van der Waals surface area contributed by atoms with Crippen molar-refractivity contribution in [1.82, 2.24) is 14.8 Å². The highest BCUT2D eigenvalue weighted by Gasteiger charge is 2.48. The highest BCUT2D eigenvalue weighted by Crippen LogP contribution is 2.53. The maximum absolute atomic E-state index is 12.4. The first-order valence-electron chi connectivity index (χ1n) is 9.10. The predicted octanol–water partition coefficient (Wildman–Crippen LogP) is 3.41. The topological polar surface area (TPSA) is 66.2 Å². The van der Waals surface area contributed by atoms with Crippen molar-refractivity contribution in [3.8, 4) is 11.5 Å². The van der Waals surface area contributed by atoms with Gasteiger partial charge < -0.3 is 9.47 Å². The van der Waals surface area contributed by atoms with Crippen LogP contribution in [0.5, 0.6) is 11.5 Å². The molecule has 0 unspecified atom stereocenters. The van der Waals surface area contributed by atoms with Gasteiger partial charge in [-0.1, -0.05) is 0 Å². The second kappa shape index (κ2) is 6.23. The molecule has 0 N–H and O–H groups in total. The fourth-order valence-electron chi connectivity index (χ4n) is 3.51. The second-order valence-electron chi connectivity index (χ2n) is 7.36. The summed E-state index contributed by atoms with van der Waals surface area (Å²) in [5.74, 6) is 0.762. The summed E-state index contributed by atoms with van der Waals surface area (Å²) in [4.78, 5) is 16.3. The molecule has 3 aromatic rings. The van der Waals surface area contributed by atoms with E-state index >= 15 is 0 Å².